The number of benzene rings is 1. The molecule has 7 heteroatoms. The normalized spacial score (nSPS) is 15.7. The van der Waals surface area contributed by atoms with Gasteiger partial charge < -0.3 is 10.6 Å². The van der Waals surface area contributed by atoms with Gasteiger partial charge in [0.1, 0.15) is 17.5 Å². The summed E-state index contributed by atoms with van der Waals surface area (Å²) in [5, 5.41) is 16.3. The van der Waals surface area contributed by atoms with Crippen molar-refractivity contribution in [1.29, 1.82) is 0 Å². The fourth-order valence-electron chi connectivity index (χ4n) is 1.64. The number of nitro benzene ring substituents is 1. The molecule has 1 aromatic carbocycles. The molecule has 2 N–H and O–H groups in total. The van der Waals surface area contributed by atoms with Crippen molar-refractivity contribution in [2.24, 2.45) is 0 Å². The second-order valence-electron chi connectivity index (χ2n) is 4.57. The van der Waals surface area contributed by atoms with Crippen molar-refractivity contribution < 1.29 is 14.1 Å². The van der Waals surface area contributed by atoms with Gasteiger partial charge in [0.25, 0.3) is 5.69 Å². The molecule has 1 aromatic rings. The highest BCUT2D eigenvalue weighted by atomic mass is 19.1. The monoisotopic (exact) mass is 267 g/mol. The van der Waals surface area contributed by atoms with E-state index in [4.69, 9.17) is 0 Å². The molecule has 0 saturated heterocycles. The molecule has 0 aliphatic heterocycles. The van der Waals surface area contributed by atoms with Crippen LogP contribution < -0.4 is 10.6 Å². The molecular weight excluding hydrogens is 253 g/mol. The summed E-state index contributed by atoms with van der Waals surface area (Å²) >= 11 is 0. The van der Waals surface area contributed by atoms with Crippen molar-refractivity contribution >= 4 is 17.3 Å². The first-order valence-corrected chi connectivity index (χ1v) is 5.98. The van der Waals surface area contributed by atoms with Gasteiger partial charge in [0, 0.05) is 18.2 Å². The lowest BCUT2D eigenvalue weighted by Gasteiger charge is -2.15. The van der Waals surface area contributed by atoms with Gasteiger partial charge in [0.15, 0.2) is 0 Å². The predicted octanol–water partition coefficient (Wildman–Crippen LogP) is 1.81. The summed E-state index contributed by atoms with van der Waals surface area (Å²) in [6.45, 7) is 1.58. The number of carbonyl (C=O) groups is 1. The zero-order valence-corrected chi connectivity index (χ0v) is 10.4. The van der Waals surface area contributed by atoms with E-state index in [9.17, 15) is 19.3 Å². The van der Waals surface area contributed by atoms with Crippen LogP contribution in [0.2, 0.25) is 0 Å². The average Bonchev–Trinajstić information content (AvgIpc) is 3.12. The van der Waals surface area contributed by atoms with Crippen LogP contribution in [-0.2, 0) is 4.79 Å². The highest BCUT2D eigenvalue weighted by molar-refractivity contribution is 5.85. The van der Waals surface area contributed by atoms with E-state index in [-0.39, 0.29) is 23.3 Å². The minimum absolute atomic E-state index is 0.00319. The number of hydrogen-bond donors (Lipinski definition) is 2. The Bertz CT molecular complexity index is 517. The topological polar surface area (TPSA) is 84.3 Å². The Hall–Kier alpha value is -2.18. The summed E-state index contributed by atoms with van der Waals surface area (Å²) in [4.78, 5) is 21.9. The van der Waals surface area contributed by atoms with E-state index in [1.165, 1.54) is 0 Å². The number of carbonyl (C=O) groups excluding carboxylic acids is 1. The quantitative estimate of drug-likeness (QED) is 0.629. The largest absolute Gasteiger partial charge is 0.368 e. The Morgan fingerprint density at radius 3 is 2.79 bits per heavy atom. The third kappa shape index (κ3) is 3.40. The minimum atomic E-state index is -0.666. The minimum Gasteiger partial charge on any atom is -0.368 e. The zero-order valence-electron chi connectivity index (χ0n) is 10.4. The number of hydrogen-bond acceptors (Lipinski definition) is 4. The van der Waals surface area contributed by atoms with Crippen molar-refractivity contribution in [3.05, 3.63) is 34.1 Å². The van der Waals surface area contributed by atoms with Gasteiger partial charge in [-0.2, -0.15) is 0 Å². The molecule has 19 heavy (non-hydrogen) atoms. The number of rotatable bonds is 5. The molecule has 0 heterocycles. The van der Waals surface area contributed by atoms with Crippen LogP contribution in [0.4, 0.5) is 15.8 Å². The number of nitrogens with one attached hydrogen (secondary N) is 2. The van der Waals surface area contributed by atoms with Crippen LogP contribution >= 0.6 is 0 Å². The van der Waals surface area contributed by atoms with Crippen LogP contribution in [0.15, 0.2) is 18.2 Å². The van der Waals surface area contributed by atoms with Gasteiger partial charge in [-0.25, -0.2) is 4.39 Å². The first-order valence-electron chi connectivity index (χ1n) is 5.98. The molecule has 1 saturated carbocycles. The van der Waals surface area contributed by atoms with Gasteiger partial charge in [-0.1, -0.05) is 0 Å². The maximum absolute atomic E-state index is 13.1. The Labute approximate surface area is 109 Å². The van der Waals surface area contributed by atoms with Crippen molar-refractivity contribution in [1.82, 2.24) is 5.32 Å². The van der Waals surface area contributed by atoms with Crippen LogP contribution in [0.1, 0.15) is 19.8 Å². The SMILES string of the molecule is CC(Nc1cc(F)ccc1[N+](=O)[O-])C(=O)NC1CC1. The first-order chi connectivity index (χ1) is 8.97. The van der Waals surface area contributed by atoms with E-state index in [0.29, 0.717) is 0 Å². The molecule has 1 fully saturated rings. The number of nitrogens with zero attached hydrogens (tertiary/aromatic N) is 1. The van der Waals surface area contributed by atoms with Crippen molar-refractivity contribution in [2.75, 3.05) is 5.32 Å². The smallest absolute Gasteiger partial charge is 0.292 e. The molecule has 1 aliphatic rings. The molecule has 2 rings (SSSR count). The van der Waals surface area contributed by atoms with Gasteiger partial charge in [0.05, 0.1) is 4.92 Å². The third-order valence-electron chi connectivity index (χ3n) is 2.84. The molecule has 0 spiro atoms. The molecule has 0 bridgehead atoms. The Kier molecular flexibility index (Phi) is 3.64. The Morgan fingerprint density at radius 1 is 1.53 bits per heavy atom. The van der Waals surface area contributed by atoms with E-state index in [1.54, 1.807) is 6.92 Å². The standard InChI is InChI=1S/C12H14FN3O3/c1-7(12(17)15-9-3-4-9)14-10-6-8(13)2-5-11(10)16(18)19/h2,5-7,9,14H,3-4H2,1H3,(H,15,17). The molecule has 0 radical (unpaired) electrons. The second kappa shape index (κ2) is 5.21. The molecule has 1 amide bonds. The summed E-state index contributed by atoms with van der Waals surface area (Å²) < 4.78 is 13.1. The highest BCUT2D eigenvalue weighted by Gasteiger charge is 2.26. The van der Waals surface area contributed by atoms with Gasteiger partial charge >= 0.3 is 0 Å². The molecule has 1 unspecified atom stereocenters. The molecule has 6 nitrogen and oxygen atoms in total. The van der Waals surface area contributed by atoms with Gasteiger partial charge in [0.2, 0.25) is 5.91 Å². The molecule has 1 aliphatic carbocycles. The zero-order chi connectivity index (χ0) is 14.0. The summed E-state index contributed by atoms with van der Waals surface area (Å²) in [6, 6.07) is 2.64. The average molecular weight is 267 g/mol. The number of nitro groups is 1. The fraction of sp³-hybridized carbons (Fsp3) is 0.417. The van der Waals surface area contributed by atoms with E-state index in [1.807, 2.05) is 0 Å². The van der Waals surface area contributed by atoms with Crippen LogP contribution in [0.25, 0.3) is 0 Å². The lowest BCUT2D eigenvalue weighted by Crippen LogP contribution is -2.38. The number of amides is 1. The lowest BCUT2D eigenvalue weighted by molar-refractivity contribution is -0.384. The van der Waals surface area contributed by atoms with E-state index < -0.39 is 16.8 Å². The van der Waals surface area contributed by atoms with Crippen LogP contribution in [0, 0.1) is 15.9 Å². The summed E-state index contributed by atoms with van der Waals surface area (Å²) in [5.74, 6) is -0.844. The predicted molar refractivity (Wildman–Crippen MR) is 67.3 cm³/mol. The Morgan fingerprint density at radius 2 is 2.21 bits per heavy atom. The Balaban J connectivity index is 2.10. The maximum Gasteiger partial charge on any atom is 0.292 e. The third-order valence-corrected chi connectivity index (χ3v) is 2.84. The van der Waals surface area contributed by atoms with Gasteiger partial charge in [-0.05, 0) is 25.8 Å². The first kappa shape index (κ1) is 13.3. The van der Waals surface area contributed by atoms with E-state index in [2.05, 4.69) is 10.6 Å². The van der Waals surface area contributed by atoms with Crippen molar-refractivity contribution in [3.63, 3.8) is 0 Å². The summed E-state index contributed by atoms with van der Waals surface area (Å²) in [7, 11) is 0. The van der Waals surface area contributed by atoms with Crippen molar-refractivity contribution in [3.8, 4) is 0 Å². The molecule has 102 valence electrons. The number of anilines is 1. The van der Waals surface area contributed by atoms with E-state index in [0.717, 1.165) is 31.0 Å². The van der Waals surface area contributed by atoms with Gasteiger partial charge in [-0.15, -0.1) is 0 Å². The second-order valence-corrected chi connectivity index (χ2v) is 4.57. The van der Waals surface area contributed by atoms with Gasteiger partial charge in [-0.3, -0.25) is 14.9 Å². The number of halogens is 1. The van der Waals surface area contributed by atoms with Crippen molar-refractivity contribution in [2.45, 2.75) is 31.8 Å². The van der Waals surface area contributed by atoms with Crippen LogP contribution in [-0.4, -0.2) is 22.9 Å². The van der Waals surface area contributed by atoms with Crippen LogP contribution in [0.5, 0.6) is 0 Å². The molecule has 0 aromatic heterocycles. The highest BCUT2D eigenvalue weighted by Crippen LogP contribution is 2.26. The maximum atomic E-state index is 13.1. The lowest BCUT2D eigenvalue weighted by atomic mass is 10.2. The molecular formula is C12H14FN3O3. The van der Waals surface area contributed by atoms with Crippen LogP contribution in [0.3, 0.4) is 0 Å². The fourth-order valence-corrected chi connectivity index (χ4v) is 1.64. The summed E-state index contributed by atoms with van der Waals surface area (Å²) in [6.07, 6.45) is 1.91. The summed E-state index contributed by atoms with van der Waals surface area (Å²) in [5.41, 5.74) is -0.254. The molecule has 1 atom stereocenters. The van der Waals surface area contributed by atoms with E-state index >= 15 is 0 Å².